The van der Waals surface area contributed by atoms with Gasteiger partial charge in [-0.15, -0.1) is 0 Å². The Morgan fingerprint density at radius 1 is 1.09 bits per heavy atom. The Hall–Kier alpha value is -2.30. The Labute approximate surface area is 127 Å². The maximum absolute atomic E-state index is 13.5. The number of carbonyl (C=O) groups is 1. The zero-order valence-corrected chi connectivity index (χ0v) is 12.3. The molecular weight excluding hydrogens is 291 g/mol. The van der Waals surface area contributed by atoms with E-state index < -0.39 is 28.9 Å². The van der Waals surface area contributed by atoms with Gasteiger partial charge in [-0.25, -0.2) is 13.2 Å². The fourth-order valence-corrected chi connectivity index (χ4v) is 2.09. The van der Waals surface area contributed by atoms with Crippen molar-refractivity contribution < 1.29 is 18.0 Å². The zero-order chi connectivity index (χ0) is 16.3. The van der Waals surface area contributed by atoms with Gasteiger partial charge < -0.3 is 5.32 Å². The lowest BCUT2D eigenvalue weighted by atomic mass is 10.0. The molecule has 0 aliphatic heterocycles. The van der Waals surface area contributed by atoms with Crippen LogP contribution in [-0.2, 0) is 6.54 Å². The topological polar surface area (TPSA) is 29.1 Å². The lowest BCUT2D eigenvalue weighted by Gasteiger charge is -2.10. The number of halogens is 3. The molecule has 0 spiro atoms. The van der Waals surface area contributed by atoms with E-state index >= 15 is 0 Å². The Morgan fingerprint density at radius 3 is 2.32 bits per heavy atom. The van der Waals surface area contributed by atoms with E-state index in [0.717, 1.165) is 11.1 Å². The summed E-state index contributed by atoms with van der Waals surface area (Å²) in [5.41, 5.74) is 1.15. The zero-order valence-electron chi connectivity index (χ0n) is 12.3. The van der Waals surface area contributed by atoms with Crippen molar-refractivity contribution in [3.8, 4) is 0 Å². The summed E-state index contributed by atoms with van der Waals surface area (Å²) in [6, 6.07) is 8.52. The molecule has 0 radical (unpaired) electrons. The van der Waals surface area contributed by atoms with Gasteiger partial charge in [-0.1, -0.05) is 38.1 Å². The number of hydrogen-bond acceptors (Lipinski definition) is 1. The molecule has 0 aliphatic carbocycles. The number of amides is 1. The van der Waals surface area contributed by atoms with E-state index in [1.807, 2.05) is 38.1 Å². The molecule has 0 bridgehead atoms. The first-order valence-electron chi connectivity index (χ1n) is 6.90. The van der Waals surface area contributed by atoms with Gasteiger partial charge in [0, 0.05) is 18.7 Å². The molecule has 2 aromatic carbocycles. The third kappa shape index (κ3) is 3.67. The van der Waals surface area contributed by atoms with Crippen LogP contribution in [0.15, 0.2) is 36.4 Å². The SMILES string of the molecule is CC(C)c1cccc(CNC(=O)c2c(F)cc(F)cc2F)c1. The first kappa shape index (κ1) is 16.1. The summed E-state index contributed by atoms with van der Waals surface area (Å²) in [6.07, 6.45) is 0. The Kier molecular flexibility index (Phi) is 4.85. The van der Waals surface area contributed by atoms with E-state index in [2.05, 4.69) is 5.32 Å². The molecule has 1 amide bonds. The quantitative estimate of drug-likeness (QED) is 0.903. The van der Waals surface area contributed by atoms with Crippen molar-refractivity contribution in [1.82, 2.24) is 5.32 Å². The van der Waals surface area contributed by atoms with Crippen molar-refractivity contribution in [3.63, 3.8) is 0 Å². The molecule has 22 heavy (non-hydrogen) atoms. The van der Waals surface area contributed by atoms with E-state index in [1.165, 1.54) is 0 Å². The number of hydrogen-bond donors (Lipinski definition) is 1. The van der Waals surface area contributed by atoms with Crippen LogP contribution in [0.4, 0.5) is 13.2 Å². The summed E-state index contributed by atoms with van der Waals surface area (Å²) in [6.45, 7) is 4.22. The summed E-state index contributed by atoms with van der Waals surface area (Å²) in [4.78, 5) is 11.9. The summed E-state index contributed by atoms with van der Waals surface area (Å²) >= 11 is 0. The monoisotopic (exact) mass is 307 g/mol. The van der Waals surface area contributed by atoms with Gasteiger partial charge in [-0.05, 0) is 17.0 Å². The minimum absolute atomic E-state index is 0.135. The van der Waals surface area contributed by atoms with Crippen LogP contribution < -0.4 is 5.32 Å². The molecule has 2 aromatic rings. The Balaban J connectivity index is 2.12. The van der Waals surface area contributed by atoms with Gasteiger partial charge in [0.2, 0.25) is 0 Å². The van der Waals surface area contributed by atoms with Gasteiger partial charge in [0.25, 0.3) is 5.91 Å². The molecule has 0 aliphatic rings. The number of rotatable bonds is 4. The predicted molar refractivity (Wildman–Crippen MR) is 78.0 cm³/mol. The molecule has 0 heterocycles. The van der Waals surface area contributed by atoms with Crippen molar-refractivity contribution in [2.75, 3.05) is 0 Å². The smallest absolute Gasteiger partial charge is 0.257 e. The molecule has 0 saturated carbocycles. The van der Waals surface area contributed by atoms with Crippen LogP contribution in [0.5, 0.6) is 0 Å². The second-order valence-corrected chi connectivity index (χ2v) is 5.33. The molecular formula is C17H16F3NO. The highest BCUT2D eigenvalue weighted by Gasteiger charge is 2.18. The van der Waals surface area contributed by atoms with Gasteiger partial charge in [0.05, 0.1) is 0 Å². The largest absolute Gasteiger partial charge is 0.348 e. The molecule has 0 fully saturated rings. The van der Waals surface area contributed by atoms with Crippen molar-refractivity contribution in [2.45, 2.75) is 26.3 Å². The molecule has 116 valence electrons. The molecule has 0 aromatic heterocycles. The second kappa shape index (κ2) is 6.64. The summed E-state index contributed by atoms with van der Waals surface area (Å²) in [7, 11) is 0. The van der Waals surface area contributed by atoms with E-state index in [9.17, 15) is 18.0 Å². The molecule has 2 nitrogen and oxygen atoms in total. The molecule has 0 atom stereocenters. The Bertz CT molecular complexity index is 675. The van der Waals surface area contributed by atoms with Crippen LogP contribution in [0.3, 0.4) is 0 Å². The van der Waals surface area contributed by atoms with Crippen LogP contribution in [0.25, 0.3) is 0 Å². The lowest BCUT2D eigenvalue weighted by molar-refractivity contribution is 0.0942. The normalized spacial score (nSPS) is 10.8. The summed E-state index contributed by atoms with van der Waals surface area (Å²) in [5, 5.41) is 2.44. The molecule has 2 rings (SSSR count). The first-order chi connectivity index (χ1) is 10.4. The van der Waals surface area contributed by atoms with Gasteiger partial charge in [-0.2, -0.15) is 0 Å². The molecule has 0 saturated heterocycles. The number of carbonyl (C=O) groups excluding carboxylic acids is 1. The van der Waals surface area contributed by atoms with Crippen molar-refractivity contribution in [1.29, 1.82) is 0 Å². The van der Waals surface area contributed by atoms with Gasteiger partial charge >= 0.3 is 0 Å². The molecule has 1 N–H and O–H groups in total. The highest BCUT2D eigenvalue weighted by atomic mass is 19.1. The second-order valence-electron chi connectivity index (χ2n) is 5.33. The fourth-order valence-electron chi connectivity index (χ4n) is 2.09. The average molecular weight is 307 g/mol. The lowest BCUT2D eigenvalue weighted by Crippen LogP contribution is -2.25. The van der Waals surface area contributed by atoms with E-state index in [0.29, 0.717) is 18.1 Å². The highest BCUT2D eigenvalue weighted by Crippen LogP contribution is 2.17. The van der Waals surface area contributed by atoms with Gasteiger partial charge in [0.1, 0.15) is 23.0 Å². The van der Waals surface area contributed by atoms with Crippen LogP contribution in [-0.4, -0.2) is 5.91 Å². The van der Waals surface area contributed by atoms with Gasteiger partial charge in [0.15, 0.2) is 0 Å². The summed E-state index contributed by atoms with van der Waals surface area (Å²) < 4.78 is 39.9. The van der Waals surface area contributed by atoms with Crippen LogP contribution >= 0.6 is 0 Å². The Morgan fingerprint density at radius 2 is 1.73 bits per heavy atom. The molecule has 0 unspecified atom stereocenters. The molecule has 5 heteroatoms. The minimum atomic E-state index is -1.22. The average Bonchev–Trinajstić information content (AvgIpc) is 2.44. The van der Waals surface area contributed by atoms with Crippen LogP contribution in [0.1, 0.15) is 41.3 Å². The van der Waals surface area contributed by atoms with Crippen LogP contribution in [0.2, 0.25) is 0 Å². The van der Waals surface area contributed by atoms with Crippen molar-refractivity contribution in [2.24, 2.45) is 0 Å². The van der Waals surface area contributed by atoms with Crippen molar-refractivity contribution in [3.05, 3.63) is 70.5 Å². The van der Waals surface area contributed by atoms with E-state index in [1.54, 1.807) is 0 Å². The van der Waals surface area contributed by atoms with E-state index in [4.69, 9.17) is 0 Å². The maximum Gasteiger partial charge on any atom is 0.257 e. The third-order valence-corrected chi connectivity index (χ3v) is 3.30. The first-order valence-corrected chi connectivity index (χ1v) is 6.90. The van der Waals surface area contributed by atoms with Gasteiger partial charge in [-0.3, -0.25) is 4.79 Å². The highest BCUT2D eigenvalue weighted by molar-refractivity contribution is 5.94. The number of nitrogens with one attached hydrogen (secondary N) is 1. The predicted octanol–water partition coefficient (Wildman–Crippen LogP) is 4.16. The maximum atomic E-state index is 13.5. The minimum Gasteiger partial charge on any atom is -0.348 e. The van der Waals surface area contributed by atoms with Crippen molar-refractivity contribution >= 4 is 5.91 Å². The van der Waals surface area contributed by atoms with E-state index in [-0.39, 0.29) is 6.54 Å². The standard InChI is InChI=1S/C17H16F3NO/c1-10(2)12-5-3-4-11(6-12)9-21-17(22)16-14(19)7-13(18)8-15(16)20/h3-8,10H,9H2,1-2H3,(H,21,22). The fraction of sp³-hybridized carbons (Fsp3) is 0.235. The third-order valence-electron chi connectivity index (χ3n) is 3.30. The number of benzene rings is 2. The van der Waals surface area contributed by atoms with Crippen LogP contribution in [0, 0.1) is 17.5 Å². The summed E-state index contributed by atoms with van der Waals surface area (Å²) in [5.74, 6) is -4.07.